The van der Waals surface area contributed by atoms with Crippen LogP contribution < -0.4 is 5.32 Å². The molecule has 0 aliphatic heterocycles. The number of carbonyl (C=O) groups excluding carboxylic acids is 2. The van der Waals surface area contributed by atoms with E-state index in [0.29, 0.717) is 4.47 Å². The van der Waals surface area contributed by atoms with Crippen molar-refractivity contribution in [1.29, 1.82) is 0 Å². The summed E-state index contributed by atoms with van der Waals surface area (Å²) in [6.07, 6.45) is 1.68. The molecule has 0 bridgehead atoms. The fourth-order valence-electron chi connectivity index (χ4n) is 2.28. The maximum atomic E-state index is 12.0. The van der Waals surface area contributed by atoms with Crippen LogP contribution in [-0.4, -0.2) is 24.5 Å². The Balaban J connectivity index is 1.76. The highest BCUT2D eigenvalue weighted by molar-refractivity contribution is 9.10. The third-order valence-corrected chi connectivity index (χ3v) is 4.42. The molecule has 0 heterocycles. The summed E-state index contributed by atoms with van der Waals surface area (Å²) >= 11 is 9.24. The van der Waals surface area contributed by atoms with E-state index in [1.807, 2.05) is 25.1 Å². The smallest absolute Gasteiger partial charge is 0.340 e. The number of benzene rings is 2. The van der Waals surface area contributed by atoms with Gasteiger partial charge < -0.3 is 10.1 Å². The lowest BCUT2D eigenvalue weighted by Crippen LogP contribution is -2.36. The Labute approximate surface area is 160 Å². The van der Waals surface area contributed by atoms with Gasteiger partial charge in [0.05, 0.1) is 10.6 Å². The van der Waals surface area contributed by atoms with Gasteiger partial charge in [0.25, 0.3) is 5.91 Å². The van der Waals surface area contributed by atoms with Gasteiger partial charge in [-0.1, -0.05) is 57.9 Å². The fourth-order valence-corrected chi connectivity index (χ4v) is 2.84. The molecule has 0 unspecified atom stereocenters. The molecule has 0 saturated heterocycles. The van der Waals surface area contributed by atoms with E-state index in [0.717, 1.165) is 12.8 Å². The van der Waals surface area contributed by atoms with E-state index in [4.69, 9.17) is 16.3 Å². The molecule has 0 aliphatic rings. The monoisotopic (exact) mass is 423 g/mol. The summed E-state index contributed by atoms with van der Waals surface area (Å²) in [6, 6.07) is 14.9. The van der Waals surface area contributed by atoms with Gasteiger partial charge in [-0.2, -0.15) is 0 Å². The van der Waals surface area contributed by atoms with Crippen LogP contribution in [0.5, 0.6) is 0 Å². The molecule has 1 N–H and O–H groups in total. The first-order valence-corrected chi connectivity index (χ1v) is 9.08. The molecule has 0 saturated carbocycles. The van der Waals surface area contributed by atoms with E-state index in [2.05, 4.69) is 33.4 Å². The van der Waals surface area contributed by atoms with E-state index in [-0.39, 0.29) is 29.1 Å². The van der Waals surface area contributed by atoms with E-state index in [9.17, 15) is 9.59 Å². The van der Waals surface area contributed by atoms with Crippen molar-refractivity contribution in [3.8, 4) is 0 Å². The predicted molar refractivity (Wildman–Crippen MR) is 102 cm³/mol. The van der Waals surface area contributed by atoms with Gasteiger partial charge in [-0.15, -0.1) is 0 Å². The minimum Gasteiger partial charge on any atom is -0.452 e. The molecule has 2 rings (SSSR count). The van der Waals surface area contributed by atoms with Gasteiger partial charge in [-0.05, 0) is 43.5 Å². The highest BCUT2D eigenvalue weighted by atomic mass is 79.9. The van der Waals surface area contributed by atoms with Crippen LogP contribution in [0.4, 0.5) is 0 Å². The third kappa shape index (κ3) is 6.52. The van der Waals surface area contributed by atoms with Gasteiger partial charge in [0.15, 0.2) is 6.61 Å². The van der Waals surface area contributed by atoms with Crippen LogP contribution in [0, 0.1) is 0 Å². The Morgan fingerprint density at radius 2 is 1.92 bits per heavy atom. The third-order valence-electron chi connectivity index (χ3n) is 3.60. The van der Waals surface area contributed by atoms with Gasteiger partial charge in [0, 0.05) is 10.5 Å². The first kappa shape index (κ1) is 19.5. The summed E-state index contributed by atoms with van der Waals surface area (Å²) in [5, 5.41) is 3.11. The van der Waals surface area contributed by atoms with Crippen molar-refractivity contribution >= 4 is 39.4 Å². The van der Waals surface area contributed by atoms with Crippen LogP contribution in [0.25, 0.3) is 0 Å². The lowest BCUT2D eigenvalue weighted by Gasteiger charge is -2.14. The molecular weight excluding hydrogens is 406 g/mol. The van der Waals surface area contributed by atoms with Crippen LogP contribution in [0.3, 0.4) is 0 Å². The SMILES string of the molecule is C[C@H](CCc1ccccc1)NC(=O)COC(=O)c1cc(Br)ccc1Cl. The Morgan fingerprint density at radius 3 is 2.64 bits per heavy atom. The van der Waals surface area contributed by atoms with E-state index in [1.54, 1.807) is 18.2 Å². The standard InChI is InChI=1S/C19H19BrClNO3/c1-13(7-8-14-5-3-2-4-6-14)22-18(23)12-25-19(24)16-11-15(20)9-10-17(16)21/h2-6,9-11,13H,7-8,12H2,1H3,(H,22,23)/t13-/m1/s1. The van der Waals surface area contributed by atoms with Crippen molar-refractivity contribution in [3.05, 3.63) is 69.2 Å². The lowest BCUT2D eigenvalue weighted by atomic mass is 10.1. The van der Waals surface area contributed by atoms with Crippen molar-refractivity contribution < 1.29 is 14.3 Å². The van der Waals surface area contributed by atoms with Crippen molar-refractivity contribution in [2.24, 2.45) is 0 Å². The zero-order valence-electron chi connectivity index (χ0n) is 13.8. The summed E-state index contributed by atoms with van der Waals surface area (Å²) in [5.41, 5.74) is 1.44. The molecule has 6 heteroatoms. The van der Waals surface area contributed by atoms with Crippen molar-refractivity contribution in [2.45, 2.75) is 25.8 Å². The second kappa shape index (κ2) is 9.59. The minimum atomic E-state index is -0.626. The quantitative estimate of drug-likeness (QED) is 0.670. The molecule has 2 aromatic rings. The number of esters is 1. The number of aryl methyl sites for hydroxylation is 1. The number of rotatable bonds is 7. The molecule has 4 nitrogen and oxygen atoms in total. The summed E-state index contributed by atoms with van der Waals surface area (Å²) in [6.45, 7) is 1.59. The number of halogens is 2. The average Bonchev–Trinajstić information content (AvgIpc) is 2.61. The van der Waals surface area contributed by atoms with Crippen LogP contribution in [0.1, 0.15) is 29.3 Å². The molecular formula is C19H19BrClNO3. The fraction of sp³-hybridized carbons (Fsp3) is 0.263. The summed E-state index contributed by atoms with van der Waals surface area (Å²) in [4.78, 5) is 23.9. The molecule has 2 aromatic carbocycles. The first-order chi connectivity index (χ1) is 12.0. The maximum absolute atomic E-state index is 12.0. The number of nitrogens with one attached hydrogen (secondary N) is 1. The number of ether oxygens (including phenoxy) is 1. The van der Waals surface area contributed by atoms with Gasteiger partial charge >= 0.3 is 5.97 Å². The van der Waals surface area contributed by atoms with Crippen molar-refractivity contribution in [2.75, 3.05) is 6.61 Å². The molecule has 132 valence electrons. The van der Waals surface area contributed by atoms with Crippen LogP contribution in [0.15, 0.2) is 53.0 Å². The topological polar surface area (TPSA) is 55.4 Å². The first-order valence-electron chi connectivity index (χ1n) is 7.91. The summed E-state index contributed by atoms with van der Waals surface area (Å²) in [5.74, 6) is -0.960. The Hall–Kier alpha value is -1.85. The molecule has 0 spiro atoms. The second-order valence-corrected chi connectivity index (χ2v) is 7.02. The van der Waals surface area contributed by atoms with Crippen molar-refractivity contribution in [3.63, 3.8) is 0 Å². The minimum absolute atomic E-state index is 0.0131. The Kier molecular flexibility index (Phi) is 7.47. The molecule has 25 heavy (non-hydrogen) atoms. The van der Waals surface area contributed by atoms with Gasteiger partial charge in [0.1, 0.15) is 0 Å². The number of hydrogen-bond donors (Lipinski definition) is 1. The molecule has 1 atom stereocenters. The summed E-state index contributed by atoms with van der Waals surface area (Å²) < 4.78 is 5.74. The zero-order chi connectivity index (χ0) is 18.2. The summed E-state index contributed by atoms with van der Waals surface area (Å²) in [7, 11) is 0. The maximum Gasteiger partial charge on any atom is 0.340 e. The van der Waals surface area contributed by atoms with Gasteiger partial charge in [-0.25, -0.2) is 4.79 Å². The highest BCUT2D eigenvalue weighted by Gasteiger charge is 2.15. The molecule has 0 fully saturated rings. The van der Waals surface area contributed by atoms with E-state index < -0.39 is 5.97 Å². The van der Waals surface area contributed by atoms with E-state index in [1.165, 1.54) is 5.56 Å². The normalized spacial score (nSPS) is 11.6. The lowest BCUT2D eigenvalue weighted by molar-refractivity contribution is -0.124. The van der Waals surface area contributed by atoms with E-state index >= 15 is 0 Å². The molecule has 0 aromatic heterocycles. The van der Waals surface area contributed by atoms with Crippen LogP contribution in [0.2, 0.25) is 5.02 Å². The van der Waals surface area contributed by atoms with Crippen LogP contribution >= 0.6 is 27.5 Å². The molecule has 0 radical (unpaired) electrons. The predicted octanol–water partition coefficient (Wildman–Crippen LogP) is 4.40. The van der Waals surface area contributed by atoms with Crippen LogP contribution in [-0.2, 0) is 16.0 Å². The second-order valence-electron chi connectivity index (χ2n) is 5.69. The molecule has 0 aliphatic carbocycles. The zero-order valence-corrected chi connectivity index (χ0v) is 16.1. The molecule has 1 amide bonds. The Bertz CT molecular complexity index is 737. The Morgan fingerprint density at radius 1 is 1.20 bits per heavy atom. The number of carbonyl (C=O) groups is 2. The van der Waals surface area contributed by atoms with Crippen molar-refractivity contribution in [1.82, 2.24) is 5.32 Å². The highest BCUT2D eigenvalue weighted by Crippen LogP contribution is 2.21. The average molecular weight is 425 g/mol. The van der Waals surface area contributed by atoms with Gasteiger partial charge in [0.2, 0.25) is 0 Å². The number of hydrogen-bond acceptors (Lipinski definition) is 3. The largest absolute Gasteiger partial charge is 0.452 e. The van der Waals surface area contributed by atoms with Gasteiger partial charge in [-0.3, -0.25) is 4.79 Å². The number of amides is 1.